The molecule has 4 heterocycles. The molecule has 0 saturated carbocycles. The Kier molecular flexibility index (Phi) is 3.98. The molecule has 1 aliphatic rings. The predicted molar refractivity (Wildman–Crippen MR) is 106 cm³/mol. The molecule has 28 heavy (non-hydrogen) atoms. The molecule has 0 aliphatic carbocycles. The number of aryl methyl sites for hydroxylation is 2. The van der Waals surface area contributed by atoms with Gasteiger partial charge in [0.05, 0.1) is 23.6 Å². The molecule has 1 aromatic carbocycles. The highest BCUT2D eigenvalue weighted by atomic mass is 19.1. The van der Waals surface area contributed by atoms with Crippen LogP contribution in [0.15, 0.2) is 36.8 Å². The first-order valence-electron chi connectivity index (χ1n) is 9.47. The van der Waals surface area contributed by atoms with Gasteiger partial charge in [-0.1, -0.05) is 6.07 Å². The van der Waals surface area contributed by atoms with Gasteiger partial charge in [0.25, 0.3) is 0 Å². The number of hydrogen-bond acceptors (Lipinski definition) is 4. The van der Waals surface area contributed by atoms with Gasteiger partial charge in [-0.05, 0) is 49.6 Å². The third-order valence-corrected chi connectivity index (χ3v) is 5.45. The predicted octanol–water partition coefficient (Wildman–Crippen LogP) is 3.90. The highest BCUT2D eigenvalue weighted by Crippen LogP contribution is 2.34. The van der Waals surface area contributed by atoms with E-state index in [0.717, 1.165) is 52.7 Å². The molecule has 7 heteroatoms. The largest absolute Gasteiger partial charge is 0.310 e. The van der Waals surface area contributed by atoms with Crippen LogP contribution in [0.3, 0.4) is 0 Å². The van der Waals surface area contributed by atoms with Crippen molar-refractivity contribution in [3.63, 3.8) is 0 Å². The number of nitrogens with zero attached hydrogens (tertiary/aromatic N) is 4. The summed E-state index contributed by atoms with van der Waals surface area (Å²) in [6.07, 6.45) is 7.56. The topological polar surface area (TPSA) is 71.4 Å². The number of halogens is 1. The molecule has 0 bridgehead atoms. The molecule has 0 amide bonds. The molecule has 6 nitrogen and oxygen atoms in total. The molecular weight excluding hydrogens is 355 g/mol. The van der Waals surface area contributed by atoms with Crippen LogP contribution < -0.4 is 5.32 Å². The second-order valence-corrected chi connectivity index (χ2v) is 7.43. The van der Waals surface area contributed by atoms with Gasteiger partial charge in [-0.2, -0.15) is 10.2 Å². The van der Waals surface area contributed by atoms with Crippen molar-refractivity contribution in [2.45, 2.75) is 25.8 Å². The zero-order valence-corrected chi connectivity index (χ0v) is 15.8. The molecule has 1 fully saturated rings. The lowest BCUT2D eigenvalue weighted by molar-refractivity contribution is 0.607. The Morgan fingerprint density at radius 1 is 1.21 bits per heavy atom. The van der Waals surface area contributed by atoms with E-state index in [1.165, 1.54) is 0 Å². The van der Waals surface area contributed by atoms with Crippen molar-refractivity contribution < 1.29 is 4.39 Å². The lowest BCUT2D eigenvalue weighted by Crippen LogP contribution is -2.13. The number of pyridine rings is 1. The minimum absolute atomic E-state index is 0.234. The summed E-state index contributed by atoms with van der Waals surface area (Å²) < 4.78 is 16.8. The molecular formula is C21H21FN6. The number of H-pyrrole nitrogens is 1. The van der Waals surface area contributed by atoms with Gasteiger partial charge < -0.3 is 5.32 Å². The van der Waals surface area contributed by atoms with E-state index in [0.29, 0.717) is 11.3 Å². The number of benzene rings is 1. The fraction of sp³-hybridized carbons (Fsp3) is 0.286. The van der Waals surface area contributed by atoms with Crippen LogP contribution >= 0.6 is 0 Å². The second-order valence-electron chi connectivity index (χ2n) is 7.43. The average Bonchev–Trinajstić information content (AvgIpc) is 3.41. The summed E-state index contributed by atoms with van der Waals surface area (Å²) in [5.74, 6) is -0.234. The standard InChI is InChI=1S/C21H21FN6/c1-12-6-13(17-4-3-5-23-17)7-16(22)20(12)18-8-15-19(10-24-18)26-27-21(15)14-9-25-28(2)11-14/h6-11,17,23H,3-5H2,1-2H3,(H,26,27). The van der Waals surface area contributed by atoms with Crippen molar-refractivity contribution >= 4 is 10.9 Å². The number of aromatic nitrogens is 5. The first kappa shape index (κ1) is 17.1. The molecule has 1 aliphatic heterocycles. The van der Waals surface area contributed by atoms with Gasteiger partial charge in [0, 0.05) is 35.8 Å². The van der Waals surface area contributed by atoms with E-state index in [1.54, 1.807) is 23.1 Å². The maximum absolute atomic E-state index is 15.1. The molecule has 2 N–H and O–H groups in total. The average molecular weight is 376 g/mol. The van der Waals surface area contributed by atoms with Crippen LogP contribution in [0.4, 0.5) is 4.39 Å². The van der Waals surface area contributed by atoms with Crippen LogP contribution in [0, 0.1) is 12.7 Å². The molecule has 142 valence electrons. The fourth-order valence-electron chi connectivity index (χ4n) is 4.08. The SMILES string of the molecule is Cc1cc(C2CCCN2)cc(F)c1-c1cc2c(-c3cnn(C)c3)n[nH]c2cn1. The van der Waals surface area contributed by atoms with E-state index in [9.17, 15) is 0 Å². The lowest BCUT2D eigenvalue weighted by atomic mass is 9.96. The first-order valence-corrected chi connectivity index (χ1v) is 9.47. The van der Waals surface area contributed by atoms with E-state index in [1.807, 2.05) is 26.2 Å². The highest BCUT2D eigenvalue weighted by molar-refractivity contribution is 5.94. The van der Waals surface area contributed by atoms with Crippen LogP contribution in [0.2, 0.25) is 0 Å². The second kappa shape index (κ2) is 6.53. The van der Waals surface area contributed by atoms with Crippen LogP contribution in [0.25, 0.3) is 33.4 Å². The van der Waals surface area contributed by atoms with Crippen LogP contribution in [-0.4, -0.2) is 31.5 Å². The Balaban J connectivity index is 1.61. The summed E-state index contributed by atoms with van der Waals surface area (Å²) in [4.78, 5) is 4.49. The zero-order chi connectivity index (χ0) is 19.3. The van der Waals surface area contributed by atoms with Crippen molar-refractivity contribution in [3.8, 4) is 22.5 Å². The van der Waals surface area contributed by atoms with E-state index >= 15 is 4.39 Å². The molecule has 3 aromatic heterocycles. The third-order valence-electron chi connectivity index (χ3n) is 5.45. The van der Waals surface area contributed by atoms with Crippen LogP contribution in [0.5, 0.6) is 0 Å². The van der Waals surface area contributed by atoms with Crippen molar-refractivity contribution in [2.24, 2.45) is 7.05 Å². The number of nitrogens with one attached hydrogen (secondary N) is 2. The normalized spacial score (nSPS) is 16.9. The lowest BCUT2D eigenvalue weighted by Gasteiger charge is -2.15. The van der Waals surface area contributed by atoms with Gasteiger partial charge in [-0.25, -0.2) is 4.39 Å². The molecule has 4 aromatic rings. The van der Waals surface area contributed by atoms with Crippen molar-refractivity contribution in [1.29, 1.82) is 0 Å². The Morgan fingerprint density at radius 3 is 2.82 bits per heavy atom. The summed E-state index contributed by atoms with van der Waals surface area (Å²) in [6, 6.07) is 5.86. The van der Waals surface area contributed by atoms with Gasteiger partial charge in [0.1, 0.15) is 11.5 Å². The van der Waals surface area contributed by atoms with Gasteiger partial charge in [-0.15, -0.1) is 0 Å². The molecule has 5 rings (SSSR count). The molecule has 1 unspecified atom stereocenters. The van der Waals surface area contributed by atoms with E-state index in [2.05, 4.69) is 31.7 Å². The van der Waals surface area contributed by atoms with Gasteiger partial charge in [0.15, 0.2) is 0 Å². The van der Waals surface area contributed by atoms with Gasteiger partial charge in [-0.3, -0.25) is 14.8 Å². The smallest absolute Gasteiger partial charge is 0.133 e. The first-order chi connectivity index (χ1) is 13.6. The maximum Gasteiger partial charge on any atom is 0.133 e. The summed E-state index contributed by atoms with van der Waals surface area (Å²) in [6.45, 7) is 2.93. The number of hydrogen-bond donors (Lipinski definition) is 2. The summed E-state index contributed by atoms with van der Waals surface area (Å²) in [5.41, 5.74) is 5.57. The number of rotatable bonds is 3. The molecule has 0 spiro atoms. The summed E-state index contributed by atoms with van der Waals surface area (Å²) in [7, 11) is 1.87. The number of aromatic amines is 1. The van der Waals surface area contributed by atoms with Crippen molar-refractivity contribution in [2.75, 3.05) is 6.54 Å². The Bertz CT molecular complexity index is 1150. The molecule has 1 saturated heterocycles. The quantitative estimate of drug-likeness (QED) is 0.569. The third kappa shape index (κ3) is 2.79. The maximum atomic E-state index is 15.1. The Morgan fingerprint density at radius 2 is 2.11 bits per heavy atom. The van der Waals surface area contributed by atoms with E-state index in [-0.39, 0.29) is 11.9 Å². The van der Waals surface area contributed by atoms with Crippen LogP contribution in [0.1, 0.15) is 30.0 Å². The van der Waals surface area contributed by atoms with Gasteiger partial charge >= 0.3 is 0 Å². The molecule has 0 radical (unpaired) electrons. The highest BCUT2D eigenvalue weighted by Gasteiger charge is 2.20. The zero-order valence-electron chi connectivity index (χ0n) is 15.8. The monoisotopic (exact) mass is 376 g/mol. The minimum atomic E-state index is -0.234. The summed E-state index contributed by atoms with van der Waals surface area (Å²) in [5, 5.41) is 16.0. The minimum Gasteiger partial charge on any atom is -0.310 e. The van der Waals surface area contributed by atoms with Crippen molar-refractivity contribution in [1.82, 2.24) is 30.3 Å². The fourth-order valence-corrected chi connectivity index (χ4v) is 4.08. The van der Waals surface area contributed by atoms with E-state index < -0.39 is 0 Å². The van der Waals surface area contributed by atoms with Crippen LogP contribution in [-0.2, 0) is 7.05 Å². The van der Waals surface area contributed by atoms with Gasteiger partial charge in [0.2, 0.25) is 0 Å². The Hall–Kier alpha value is -3.06. The molecule has 1 atom stereocenters. The Labute approximate surface area is 161 Å². The summed E-state index contributed by atoms with van der Waals surface area (Å²) >= 11 is 0. The van der Waals surface area contributed by atoms with Crippen molar-refractivity contribution in [3.05, 3.63) is 53.7 Å². The van der Waals surface area contributed by atoms with E-state index in [4.69, 9.17) is 0 Å². The number of fused-ring (bicyclic) bond motifs is 1.